The Morgan fingerprint density at radius 2 is 1.77 bits per heavy atom. The average Bonchev–Trinajstić information content (AvgIpc) is 2.89. The number of carbonyl (C=O) groups is 2. The molecule has 0 saturated carbocycles. The summed E-state index contributed by atoms with van der Waals surface area (Å²) in [5.41, 5.74) is -0.690. The molecule has 0 aliphatic carbocycles. The number of amides is 3. The molecular weight excluding hydrogens is 426 g/mol. The van der Waals surface area contributed by atoms with E-state index in [1.54, 1.807) is 20.8 Å². The highest BCUT2D eigenvalue weighted by atomic mass is 31.2. The third kappa shape index (κ3) is 6.20. The van der Waals surface area contributed by atoms with Crippen molar-refractivity contribution in [1.82, 2.24) is 10.2 Å². The first-order chi connectivity index (χ1) is 14.0. The van der Waals surface area contributed by atoms with Gasteiger partial charge < -0.3 is 24.6 Å². The normalized spacial score (nSPS) is 19.8. The van der Waals surface area contributed by atoms with Crippen LogP contribution in [0.4, 0.5) is 23.7 Å². The number of hydrogen-bond donors (Lipinski definition) is 2. The molecule has 168 valence electrons. The molecule has 0 radical (unpaired) electrons. The molecule has 30 heavy (non-hydrogen) atoms. The number of rotatable bonds is 8. The zero-order chi connectivity index (χ0) is 22.5. The van der Waals surface area contributed by atoms with E-state index in [0.29, 0.717) is 0 Å². The molecule has 2 rings (SSSR count). The Labute approximate surface area is 172 Å². The van der Waals surface area contributed by atoms with Gasteiger partial charge >= 0.3 is 19.8 Å². The summed E-state index contributed by atoms with van der Waals surface area (Å²) < 4.78 is 61.0. The molecule has 0 spiro atoms. The van der Waals surface area contributed by atoms with E-state index >= 15 is 0 Å². The number of alkyl halides is 3. The lowest BCUT2D eigenvalue weighted by Gasteiger charge is -2.26. The second-order valence-corrected chi connectivity index (χ2v) is 8.73. The predicted molar refractivity (Wildman–Crippen MR) is 104 cm³/mol. The van der Waals surface area contributed by atoms with E-state index < -0.39 is 37.3 Å². The molecule has 2 N–H and O–H groups in total. The quantitative estimate of drug-likeness (QED) is 0.582. The smallest absolute Gasteiger partial charge is 0.326 e. The van der Waals surface area contributed by atoms with Crippen LogP contribution in [0.3, 0.4) is 0 Å². The van der Waals surface area contributed by atoms with Gasteiger partial charge in [-0.1, -0.05) is 0 Å². The number of halogens is 3. The molecular formula is C18H25F3N3O5P. The molecule has 2 atom stereocenters. The zero-order valence-electron chi connectivity index (χ0n) is 16.9. The largest absolute Gasteiger partial charge is 0.416 e. The highest BCUT2D eigenvalue weighted by Gasteiger charge is 2.42. The van der Waals surface area contributed by atoms with Gasteiger partial charge in [-0.25, -0.2) is 4.79 Å². The van der Waals surface area contributed by atoms with E-state index in [4.69, 9.17) is 9.05 Å². The van der Waals surface area contributed by atoms with Crippen LogP contribution in [-0.4, -0.2) is 48.4 Å². The van der Waals surface area contributed by atoms with Gasteiger partial charge in [0, 0.05) is 11.7 Å². The van der Waals surface area contributed by atoms with Crippen molar-refractivity contribution < 1.29 is 36.4 Å². The van der Waals surface area contributed by atoms with Crippen LogP contribution in [0.25, 0.3) is 0 Å². The summed E-state index contributed by atoms with van der Waals surface area (Å²) in [5, 5.41) is 4.89. The monoisotopic (exact) mass is 451 g/mol. The van der Waals surface area contributed by atoms with E-state index in [1.807, 2.05) is 0 Å². The fourth-order valence-electron chi connectivity index (χ4n) is 3.08. The number of carbonyl (C=O) groups excluding carboxylic acids is 2. The second kappa shape index (κ2) is 9.80. The molecule has 12 heteroatoms. The highest BCUT2D eigenvalue weighted by Crippen LogP contribution is 2.49. The number of nitrogens with zero attached hydrogens (tertiary/aromatic N) is 1. The number of nitrogens with one attached hydrogen (secondary N) is 2. The van der Waals surface area contributed by atoms with Crippen molar-refractivity contribution in [3.8, 4) is 0 Å². The van der Waals surface area contributed by atoms with E-state index in [-0.39, 0.29) is 37.6 Å². The summed E-state index contributed by atoms with van der Waals surface area (Å²) in [6, 6.07) is 2.01. The maximum Gasteiger partial charge on any atom is 0.416 e. The lowest BCUT2D eigenvalue weighted by molar-refractivity contribution is -0.137. The highest BCUT2D eigenvalue weighted by molar-refractivity contribution is 7.53. The Morgan fingerprint density at radius 1 is 1.20 bits per heavy atom. The number of likely N-dealkylation sites (tertiary alicyclic amines) is 1. The van der Waals surface area contributed by atoms with Crippen LogP contribution in [0.1, 0.15) is 32.8 Å². The van der Waals surface area contributed by atoms with Crippen molar-refractivity contribution in [1.29, 1.82) is 0 Å². The van der Waals surface area contributed by atoms with Crippen LogP contribution in [-0.2, 0) is 24.6 Å². The Morgan fingerprint density at radius 3 is 2.27 bits per heavy atom. The molecule has 1 unspecified atom stereocenters. The maximum absolute atomic E-state index is 12.7. The Bertz CT molecular complexity index is 793. The third-order valence-corrected chi connectivity index (χ3v) is 6.40. The Hall–Kier alpha value is -2.10. The summed E-state index contributed by atoms with van der Waals surface area (Å²) in [6.07, 6.45) is -4.43. The lowest BCUT2D eigenvalue weighted by atomic mass is 10.2. The third-order valence-electron chi connectivity index (χ3n) is 4.44. The first kappa shape index (κ1) is 24.2. The molecule has 1 heterocycles. The Balaban J connectivity index is 1.98. The fourth-order valence-corrected chi connectivity index (χ4v) is 4.90. The topological polar surface area (TPSA) is 97.0 Å². The molecule has 0 bridgehead atoms. The number of urea groups is 1. The molecule has 1 saturated heterocycles. The van der Waals surface area contributed by atoms with Gasteiger partial charge in [-0.05, 0) is 51.5 Å². The van der Waals surface area contributed by atoms with Crippen LogP contribution < -0.4 is 10.6 Å². The molecule has 8 nitrogen and oxygen atoms in total. The molecule has 1 aliphatic rings. The van der Waals surface area contributed by atoms with Gasteiger partial charge in [0.2, 0.25) is 5.91 Å². The molecule has 0 aromatic heterocycles. The summed E-state index contributed by atoms with van der Waals surface area (Å²) in [7, 11) is -3.49. The summed E-state index contributed by atoms with van der Waals surface area (Å²) in [4.78, 5) is 26.2. The first-order valence-corrected chi connectivity index (χ1v) is 11.1. The van der Waals surface area contributed by atoms with Gasteiger partial charge in [-0.15, -0.1) is 0 Å². The van der Waals surface area contributed by atoms with Crippen molar-refractivity contribution in [3.63, 3.8) is 0 Å². The van der Waals surface area contributed by atoms with Crippen molar-refractivity contribution in [2.45, 2.75) is 45.5 Å². The zero-order valence-corrected chi connectivity index (χ0v) is 17.8. The second-order valence-electron chi connectivity index (χ2n) is 6.71. The number of anilines is 1. The van der Waals surface area contributed by atoms with Gasteiger partial charge in [-0.3, -0.25) is 9.36 Å². The minimum atomic E-state index is -4.47. The molecule has 3 amide bonds. The fraction of sp³-hybridized carbons (Fsp3) is 0.556. The van der Waals surface area contributed by atoms with Crippen LogP contribution in [0.5, 0.6) is 0 Å². The van der Waals surface area contributed by atoms with Crippen molar-refractivity contribution in [2.75, 3.05) is 24.8 Å². The Kier molecular flexibility index (Phi) is 7.90. The SMILES string of the molecule is CCOP(=O)(CN1C(=O)[C@@H](NC(=O)Nc2ccc(C(F)(F)F)cc2)CC1C)OCC. The van der Waals surface area contributed by atoms with Crippen molar-refractivity contribution >= 4 is 25.2 Å². The average molecular weight is 451 g/mol. The molecule has 1 aliphatic heterocycles. The van der Waals surface area contributed by atoms with E-state index in [2.05, 4.69) is 10.6 Å². The molecule has 1 aromatic rings. The maximum atomic E-state index is 12.7. The van der Waals surface area contributed by atoms with Gasteiger partial charge in [0.1, 0.15) is 12.3 Å². The minimum Gasteiger partial charge on any atom is -0.326 e. The predicted octanol–water partition coefficient (Wildman–Crippen LogP) is 4.04. The van der Waals surface area contributed by atoms with Gasteiger partial charge in [0.15, 0.2) is 0 Å². The first-order valence-electron chi connectivity index (χ1n) is 9.42. The number of benzene rings is 1. The lowest BCUT2D eigenvalue weighted by Crippen LogP contribution is -2.43. The van der Waals surface area contributed by atoms with Crippen molar-refractivity contribution in [2.24, 2.45) is 0 Å². The van der Waals surface area contributed by atoms with Crippen LogP contribution in [0.2, 0.25) is 0 Å². The van der Waals surface area contributed by atoms with Crippen LogP contribution in [0, 0.1) is 0 Å². The van der Waals surface area contributed by atoms with E-state index in [0.717, 1.165) is 24.3 Å². The summed E-state index contributed by atoms with van der Waals surface area (Å²) in [6.45, 7) is 5.39. The standard InChI is InChI=1S/C18H25F3N3O5P/c1-4-28-30(27,29-5-2)11-24-12(3)10-15(16(24)25)23-17(26)22-14-8-6-13(7-9-14)18(19,20)21/h6-9,12,15H,4-5,10-11H2,1-3H3,(H2,22,23,26)/t12?,15-/m0/s1. The minimum absolute atomic E-state index is 0.146. The molecule has 1 fully saturated rings. The van der Waals surface area contributed by atoms with Gasteiger partial charge in [0.25, 0.3) is 0 Å². The van der Waals surface area contributed by atoms with Gasteiger partial charge in [0.05, 0.1) is 18.8 Å². The van der Waals surface area contributed by atoms with Crippen LogP contribution >= 0.6 is 7.60 Å². The van der Waals surface area contributed by atoms with E-state index in [1.165, 1.54) is 4.90 Å². The summed E-state index contributed by atoms with van der Waals surface area (Å²) >= 11 is 0. The molecule has 1 aromatic carbocycles. The van der Waals surface area contributed by atoms with Gasteiger partial charge in [-0.2, -0.15) is 13.2 Å². The number of hydrogen-bond acceptors (Lipinski definition) is 5. The summed E-state index contributed by atoms with van der Waals surface area (Å²) in [5.74, 6) is -0.440. The van der Waals surface area contributed by atoms with Crippen molar-refractivity contribution in [3.05, 3.63) is 29.8 Å². The van der Waals surface area contributed by atoms with Crippen LogP contribution in [0.15, 0.2) is 24.3 Å². The van der Waals surface area contributed by atoms with E-state index in [9.17, 15) is 27.3 Å².